The molecular formula is C24H21ClN2O. The number of aryl methyl sites for hydroxylation is 1. The lowest BCUT2D eigenvalue weighted by molar-refractivity contribution is 0.0999. The number of carbonyl (C=O) groups excluding carboxylic acids is 1. The highest BCUT2D eigenvalue weighted by Gasteiger charge is 2.17. The Hall–Kier alpha value is -3.04. The summed E-state index contributed by atoms with van der Waals surface area (Å²) in [5, 5.41) is 3.11. The number of primary amides is 1. The standard InChI is InChI=1S/C24H21ClN2O/c1-16-21(24(26)28)15-23(20-11-10-17-6-2-3-8-19(17)14-20)27(16)13-12-18-7-4-5-9-22(18)25/h2-11,14-15H,12-13H2,1H3,(H2,26,28). The normalized spacial score (nSPS) is 11.1. The summed E-state index contributed by atoms with van der Waals surface area (Å²) in [6.45, 7) is 2.66. The number of aromatic nitrogens is 1. The SMILES string of the molecule is Cc1c(C(N)=O)cc(-c2ccc3ccccc3c2)n1CCc1ccccc1Cl. The number of benzene rings is 3. The fourth-order valence-corrected chi connectivity index (χ4v) is 3.93. The molecule has 1 heterocycles. The zero-order valence-electron chi connectivity index (χ0n) is 15.7. The third-order valence-electron chi connectivity index (χ3n) is 5.24. The molecule has 4 rings (SSSR count). The van der Waals surface area contributed by atoms with Gasteiger partial charge in [-0.3, -0.25) is 4.79 Å². The third-order valence-corrected chi connectivity index (χ3v) is 5.61. The van der Waals surface area contributed by atoms with E-state index in [1.54, 1.807) is 0 Å². The maximum Gasteiger partial charge on any atom is 0.250 e. The summed E-state index contributed by atoms with van der Waals surface area (Å²) in [6.07, 6.45) is 0.772. The Bertz CT molecular complexity index is 1180. The number of carbonyl (C=O) groups is 1. The first-order chi connectivity index (χ1) is 13.5. The van der Waals surface area contributed by atoms with Crippen LogP contribution in [-0.4, -0.2) is 10.5 Å². The van der Waals surface area contributed by atoms with Crippen molar-refractivity contribution in [2.24, 2.45) is 5.73 Å². The summed E-state index contributed by atoms with van der Waals surface area (Å²) in [5.41, 5.74) is 10.2. The summed E-state index contributed by atoms with van der Waals surface area (Å²) in [6, 6.07) is 24.4. The summed E-state index contributed by atoms with van der Waals surface area (Å²) in [7, 11) is 0. The molecule has 0 radical (unpaired) electrons. The molecule has 3 nitrogen and oxygen atoms in total. The number of nitrogens with zero attached hydrogens (tertiary/aromatic N) is 1. The predicted octanol–water partition coefficient (Wildman–Crippen LogP) is 5.61. The molecule has 0 saturated heterocycles. The molecule has 1 amide bonds. The van der Waals surface area contributed by atoms with Crippen LogP contribution in [0, 0.1) is 6.92 Å². The van der Waals surface area contributed by atoms with Gasteiger partial charge < -0.3 is 10.3 Å². The van der Waals surface area contributed by atoms with Crippen molar-refractivity contribution >= 4 is 28.3 Å². The number of nitrogens with two attached hydrogens (primary N) is 1. The Morgan fingerprint density at radius 1 is 0.964 bits per heavy atom. The molecule has 0 aliphatic heterocycles. The number of fused-ring (bicyclic) bond motifs is 1. The lowest BCUT2D eigenvalue weighted by atomic mass is 10.0. The largest absolute Gasteiger partial charge is 0.366 e. The van der Waals surface area contributed by atoms with E-state index in [1.807, 2.05) is 49.4 Å². The molecule has 0 saturated carbocycles. The highest BCUT2D eigenvalue weighted by atomic mass is 35.5. The van der Waals surface area contributed by atoms with Crippen molar-refractivity contribution in [3.63, 3.8) is 0 Å². The number of hydrogen-bond donors (Lipinski definition) is 1. The van der Waals surface area contributed by atoms with E-state index < -0.39 is 5.91 Å². The summed E-state index contributed by atoms with van der Waals surface area (Å²) in [4.78, 5) is 11.9. The van der Waals surface area contributed by atoms with Gasteiger partial charge in [0.05, 0.1) is 5.56 Å². The quantitative estimate of drug-likeness (QED) is 0.474. The Kier molecular flexibility index (Phi) is 4.93. The number of amides is 1. The minimum Gasteiger partial charge on any atom is -0.366 e. The maximum atomic E-state index is 11.9. The van der Waals surface area contributed by atoms with E-state index in [1.165, 1.54) is 5.39 Å². The molecule has 0 fully saturated rings. The van der Waals surface area contributed by atoms with E-state index in [0.717, 1.165) is 39.3 Å². The zero-order valence-corrected chi connectivity index (χ0v) is 16.4. The molecule has 4 heteroatoms. The molecule has 1 aromatic heterocycles. The van der Waals surface area contributed by atoms with E-state index in [9.17, 15) is 4.79 Å². The van der Waals surface area contributed by atoms with E-state index >= 15 is 0 Å². The smallest absolute Gasteiger partial charge is 0.250 e. The molecule has 0 aliphatic rings. The van der Waals surface area contributed by atoms with Crippen molar-refractivity contribution in [2.45, 2.75) is 19.9 Å². The Balaban J connectivity index is 1.78. The van der Waals surface area contributed by atoms with Crippen LogP contribution >= 0.6 is 11.6 Å². The highest BCUT2D eigenvalue weighted by Crippen LogP contribution is 2.29. The van der Waals surface area contributed by atoms with Gasteiger partial charge in [-0.25, -0.2) is 0 Å². The molecule has 3 aromatic carbocycles. The molecule has 0 aliphatic carbocycles. The first kappa shape index (κ1) is 18.3. The van der Waals surface area contributed by atoms with Gasteiger partial charge in [-0.15, -0.1) is 0 Å². The predicted molar refractivity (Wildman–Crippen MR) is 116 cm³/mol. The van der Waals surface area contributed by atoms with E-state index in [0.29, 0.717) is 12.1 Å². The Labute approximate surface area is 169 Å². The van der Waals surface area contributed by atoms with Crippen LogP contribution in [0.25, 0.3) is 22.0 Å². The molecule has 28 heavy (non-hydrogen) atoms. The van der Waals surface area contributed by atoms with Crippen molar-refractivity contribution in [2.75, 3.05) is 0 Å². The fraction of sp³-hybridized carbons (Fsp3) is 0.125. The van der Waals surface area contributed by atoms with Gasteiger partial charge in [-0.2, -0.15) is 0 Å². The van der Waals surface area contributed by atoms with Crippen molar-refractivity contribution in [3.8, 4) is 11.3 Å². The molecule has 2 N–H and O–H groups in total. The van der Waals surface area contributed by atoms with Crippen LogP contribution in [-0.2, 0) is 13.0 Å². The van der Waals surface area contributed by atoms with Crippen LogP contribution < -0.4 is 5.73 Å². The van der Waals surface area contributed by atoms with E-state index in [4.69, 9.17) is 17.3 Å². The van der Waals surface area contributed by atoms with Crippen LogP contribution in [0.4, 0.5) is 0 Å². The first-order valence-corrected chi connectivity index (χ1v) is 9.65. The number of rotatable bonds is 5. The molecular weight excluding hydrogens is 368 g/mol. The lowest BCUT2D eigenvalue weighted by Gasteiger charge is -2.13. The van der Waals surface area contributed by atoms with Crippen molar-refractivity contribution < 1.29 is 4.79 Å². The lowest BCUT2D eigenvalue weighted by Crippen LogP contribution is -2.13. The second kappa shape index (κ2) is 7.53. The first-order valence-electron chi connectivity index (χ1n) is 9.27. The van der Waals surface area contributed by atoms with Gasteiger partial charge in [0.1, 0.15) is 0 Å². The summed E-state index contributed by atoms with van der Waals surface area (Å²) < 4.78 is 2.16. The van der Waals surface area contributed by atoms with Crippen LogP contribution in [0.2, 0.25) is 5.02 Å². The monoisotopic (exact) mass is 388 g/mol. The van der Waals surface area contributed by atoms with Crippen LogP contribution in [0.3, 0.4) is 0 Å². The zero-order chi connectivity index (χ0) is 19.7. The average molecular weight is 389 g/mol. The maximum absolute atomic E-state index is 11.9. The summed E-state index contributed by atoms with van der Waals surface area (Å²) >= 11 is 6.32. The molecule has 0 unspecified atom stereocenters. The van der Waals surface area contributed by atoms with Crippen molar-refractivity contribution in [1.29, 1.82) is 0 Å². The minimum atomic E-state index is -0.406. The second-order valence-corrected chi connectivity index (χ2v) is 7.36. The molecule has 0 atom stereocenters. The fourth-order valence-electron chi connectivity index (χ4n) is 3.70. The van der Waals surface area contributed by atoms with Gasteiger partial charge in [0.25, 0.3) is 5.91 Å². The number of hydrogen-bond acceptors (Lipinski definition) is 1. The number of halogens is 1. The minimum absolute atomic E-state index is 0.406. The van der Waals surface area contributed by atoms with Gasteiger partial charge in [0.15, 0.2) is 0 Å². The van der Waals surface area contributed by atoms with Crippen molar-refractivity contribution in [3.05, 3.63) is 94.6 Å². The van der Waals surface area contributed by atoms with Crippen molar-refractivity contribution in [1.82, 2.24) is 4.57 Å². The average Bonchev–Trinajstić information content (AvgIpc) is 3.03. The van der Waals surface area contributed by atoms with Gasteiger partial charge in [-0.05, 0) is 53.4 Å². The van der Waals surface area contributed by atoms with Gasteiger partial charge in [0.2, 0.25) is 0 Å². The molecule has 140 valence electrons. The Morgan fingerprint density at radius 2 is 1.68 bits per heavy atom. The molecule has 0 spiro atoms. The van der Waals surface area contributed by atoms with Gasteiger partial charge in [-0.1, -0.05) is 66.2 Å². The summed E-state index contributed by atoms with van der Waals surface area (Å²) in [5.74, 6) is -0.406. The van der Waals surface area contributed by atoms with Crippen LogP contribution in [0.1, 0.15) is 21.6 Å². The molecule has 0 bridgehead atoms. The Morgan fingerprint density at radius 3 is 2.43 bits per heavy atom. The van der Waals surface area contributed by atoms with Crippen LogP contribution in [0.15, 0.2) is 72.8 Å². The molecule has 4 aromatic rings. The van der Waals surface area contributed by atoms with Crippen LogP contribution in [0.5, 0.6) is 0 Å². The third kappa shape index (κ3) is 3.41. The highest BCUT2D eigenvalue weighted by molar-refractivity contribution is 6.31. The second-order valence-electron chi connectivity index (χ2n) is 6.95. The van der Waals surface area contributed by atoms with Gasteiger partial charge >= 0.3 is 0 Å². The van der Waals surface area contributed by atoms with Gasteiger partial charge in [0, 0.05) is 23.0 Å². The van der Waals surface area contributed by atoms with E-state index in [-0.39, 0.29) is 0 Å². The van der Waals surface area contributed by atoms with E-state index in [2.05, 4.69) is 34.9 Å². The topological polar surface area (TPSA) is 48.0 Å².